The number of carbonyl (C=O) groups excluding carboxylic acids is 2. The Morgan fingerprint density at radius 2 is 1.93 bits per heavy atom. The van der Waals surface area contributed by atoms with Crippen molar-refractivity contribution in [1.29, 1.82) is 0 Å². The molecule has 0 aliphatic rings. The molecule has 0 unspecified atom stereocenters. The van der Waals surface area contributed by atoms with Crippen LogP contribution in [0.25, 0.3) is 0 Å². The van der Waals surface area contributed by atoms with Gasteiger partial charge in [0.05, 0.1) is 12.1 Å². The van der Waals surface area contributed by atoms with Crippen molar-refractivity contribution in [3.8, 4) is 0 Å². The molecule has 1 aromatic rings. The number of ketones is 1. The first-order valence-electron chi connectivity index (χ1n) is 4.53. The molecule has 0 radical (unpaired) electrons. The predicted octanol–water partition coefficient (Wildman–Crippen LogP) is 2.23. The first kappa shape index (κ1) is 12.2. The molecule has 0 aromatic heterocycles. The van der Waals surface area contributed by atoms with Crippen LogP contribution < -0.4 is 4.90 Å². The van der Waals surface area contributed by atoms with Crippen molar-refractivity contribution < 1.29 is 9.59 Å². The molecule has 0 N–H and O–H groups in total. The molecule has 0 fully saturated rings. The fourth-order valence-electron chi connectivity index (χ4n) is 1.19. The van der Waals surface area contributed by atoms with Crippen LogP contribution in [0.4, 0.5) is 5.69 Å². The van der Waals surface area contributed by atoms with Gasteiger partial charge in [0.2, 0.25) is 5.91 Å². The molecule has 0 heterocycles. The first-order valence-corrected chi connectivity index (χ1v) is 5.60. The Balaban J connectivity index is 2.85. The Morgan fingerprint density at radius 1 is 1.33 bits per heavy atom. The van der Waals surface area contributed by atoms with Crippen LogP contribution in [-0.4, -0.2) is 18.7 Å². The van der Waals surface area contributed by atoms with Gasteiger partial charge in [0, 0.05) is 10.6 Å². The molecule has 0 spiro atoms. The van der Waals surface area contributed by atoms with E-state index in [0.29, 0.717) is 0 Å². The van der Waals surface area contributed by atoms with Crippen LogP contribution >= 0.6 is 22.6 Å². The summed E-state index contributed by atoms with van der Waals surface area (Å²) >= 11 is 2.16. The fourth-order valence-corrected chi connectivity index (χ4v) is 1.94. The zero-order valence-corrected chi connectivity index (χ0v) is 10.8. The summed E-state index contributed by atoms with van der Waals surface area (Å²) in [7, 11) is 1.68. The minimum Gasteiger partial charge on any atom is -0.314 e. The lowest BCUT2D eigenvalue weighted by molar-refractivity contribution is -0.125. The fraction of sp³-hybridized carbons (Fsp3) is 0.273. The SMILES string of the molecule is CC(=O)CC(=O)N(C)c1ccccc1I. The number of rotatable bonds is 3. The number of benzene rings is 1. The van der Waals surface area contributed by atoms with Gasteiger partial charge in [-0.15, -0.1) is 0 Å². The van der Waals surface area contributed by atoms with Crippen LogP contribution in [-0.2, 0) is 9.59 Å². The molecule has 1 rings (SSSR count). The van der Waals surface area contributed by atoms with Crippen molar-refractivity contribution in [2.24, 2.45) is 0 Å². The highest BCUT2D eigenvalue weighted by atomic mass is 127. The third-order valence-corrected chi connectivity index (χ3v) is 2.90. The third-order valence-electron chi connectivity index (χ3n) is 1.99. The molecule has 0 aliphatic carbocycles. The molecule has 0 saturated carbocycles. The van der Waals surface area contributed by atoms with E-state index in [0.717, 1.165) is 9.26 Å². The quantitative estimate of drug-likeness (QED) is 0.633. The van der Waals surface area contributed by atoms with Crippen LogP contribution in [0.5, 0.6) is 0 Å². The minimum absolute atomic E-state index is 0.0402. The van der Waals surface area contributed by atoms with Gasteiger partial charge in [-0.05, 0) is 41.6 Å². The molecule has 1 amide bonds. The summed E-state index contributed by atoms with van der Waals surface area (Å²) in [4.78, 5) is 24.0. The van der Waals surface area contributed by atoms with E-state index in [2.05, 4.69) is 22.6 Å². The summed E-state index contributed by atoms with van der Waals surface area (Å²) in [5, 5.41) is 0. The number of para-hydroxylation sites is 1. The van der Waals surface area contributed by atoms with Gasteiger partial charge in [-0.1, -0.05) is 12.1 Å². The highest BCUT2D eigenvalue weighted by molar-refractivity contribution is 14.1. The maximum absolute atomic E-state index is 11.6. The standard InChI is InChI=1S/C11H12INO2/c1-8(14)7-11(15)13(2)10-6-4-3-5-9(10)12/h3-6H,7H2,1-2H3. The van der Waals surface area contributed by atoms with Gasteiger partial charge in [0.1, 0.15) is 5.78 Å². The number of carbonyl (C=O) groups is 2. The van der Waals surface area contributed by atoms with Crippen LogP contribution in [0.15, 0.2) is 24.3 Å². The highest BCUT2D eigenvalue weighted by Gasteiger charge is 2.14. The Morgan fingerprint density at radius 3 is 2.47 bits per heavy atom. The van der Waals surface area contributed by atoms with E-state index in [9.17, 15) is 9.59 Å². The van der Waals surface area contributed by atoms with Crippen molar-refractivity contribution in [3.05, 3.63) is 27.8 Å². The van der Waals surface area contributed by atoms with Gasteiger partial charge in [-0.3, -0.25) is 9.59 Å². The van der Waals surface area contributed by atoms with Crippen molar-refractivity contribution >= 4 is 40.0 Å². The number of nitrogens with zero attached hydrogens (tertiary/aromatic N) is 1. The lowest BCUT2D eigenvalue weighted by atomic mass is 10.2. The maximum Gasteiger partial charge on any atom is 0.234 e. The smallest absolute Gasteiger partial charge is 0.234 e. The molecule has 1 aromatic carbocycles. The van der Waals surface area contributed by atoms with Gasteiger partial charge >= 0.3 is 0 Å². The summed E-state index contributed by atoms with van der Waals surface area (Å²) < 4.78 is 0.995. The van der Waals surface area contributed by atoms with Crippen molar-refractivity contribution in [2.75, 3.05) is 11.9 Å². The Bertz CT molecular complexity index is 390. The van der Waals surface area contributed by atoms with Crippen LogP contribution in [0.1, 0.15) is 13.3 Å². The Labute approximate surface area is 103 Å². The summed E-state index contributed by atoms with van der Waals surface area (Å²) in [6.45, 7) is 1.42. The van der Waals surface area contributed by atoms with Gasteiger partial charge in [-0.2, -0.15) is 0 Å². The normalized spacial score (nSPS) is 9.80. The molecule has 0 saturated heterocycles. The molecular weight excluding hydrogens is 305 g/mol. The van der Waals surface area contributed by atoms with Crippen LogP contribution in [0, 0.1) is 3.57 Å². The predicted molar refractivity (Wildman–Crippen MR) is 67.9 cm³/mol. The summed E-state index contributed by atoms with van der Waals surface area (Å²) in [6.07, 6.45) is -0.0402. The second-order valence-electron chi connectivity index (χ2n) is 3.28. The molecule has 0 atom stereocenters. The van der Waals surface area contributed by atoms with E-state index in [-0.39, 0.29) is 18.1 Å². The lowest BCUT2D eigenvalue weighted by Gasteiger charge is -2.17. The molecule has 15 heavy (non-hydrogen) atoms. The minimum atomic E-state index is -0.174. The summed E-state index contributed by atoms with van der Waals surface area (Å²) in [5.41, 5.74) is 0.837. The lowest BCUT2D eigenvalue weighted by Crippen LogP contribution is -2.28. The van der Waals surface area contributed by atoms with Gasteiger partial charge < -0.3 is 4.90 Å². The summed E-state index contributed by atoms with van der Waals surface area (Å²) in [6, 6.07) is 7.57. The average molecular weight is 317 g/mol. The largest absolute Gasteiger partial charge is 0.314 e. The van der Waals surface area contributed by atoms with Crippen molar-refractivity contribution in [2.45, 2.75) is 13.3 Å². The summed E-state index contributed by atoms with van der Waals surface area (Å²) in [5.74, 6) is -0.288. The van der Waals surface area contributed by atoms with E-state index in [1.165, 1.54) is 11.8 Å². The number of Topliss-reactive ketones (excluding diaryl/α,β-unsaturated/α-hetero) is 1. The van der Waals surface area contributed by atoms with E-state index in [4.69, 9.17) is 0 Å². The number of amides is 1. The monoisotopic (exact) mass is 317 g/mol. The maximum atomic E-state index is 11.6. The molecule has 0 bridgehead atoms. The van der Waals surface area contributed by atoms with Gasteiger partial charge in [0.25, 0.3) is 0 Å². The van der Waals surface area contributed by atoms with Gasteiger partial charge in [0.15, 0.2) is 0 Å². The van der Waals surface area contributed by atoms with E-state index >= 15 is 0 Å². The topological polar surface area (TPSA) is 37.4 Å². The number of hydrogen-bond acceptors (Lipinski definition) is 2. The van der Waals surface area contributed by atoms with Crippen molar-refractivity contribution in [3.63, 3.8) is 0 Å². The second-order valence-corrected chi connectivity index (χ2v) is 4.45. The molecule has 0 aliphatic heterocycles. The molecule has 80 valence electrons. The second kappa shape index (κ2) is 5.25. The zero-order valence-electron chi connectivity index (χ0n) is 8.66. The highest BCUT2D eigenvalue weighted by Crippen LogP contribution is 2.21. The number of halogens is 1. The molecular formula is C11H12INO2. The zero-order chi connectivity index (χ0) is 11.4. The molecule has 4 heteroatoms. The van der Waals surface area contributed by atoms with Crippen LogP contribution in [0.2, 0.25) is 0 Å². The third kappa shape index (κ3) is 3.30. The first-order chi connectivity index (χ1) is 7.02. The van der Waals surface area contributed by atoms with E-state index < -0.39 is 0 Å². The molecule has 3 nitrogen and oxygen atoms in total. The van der Waals surface area contributed by atoms with Crippen LogP contribution in [0.3, 0.4) is 0 Å². The van der Waals surface area contributed by atoms with E-state index in [1.54, 1.807) is 7.05 Å². The van der Waals surface area contributed by atoms with Crippen molar-refractivity contribution in [1.82, 2.24) is 0 Å². The van der Waals surface area contributed by atoms with Gasteiger partial charge in [-0.25, -0.2) is 0 Å². The average Bonchev–Trinajstić information content (AvgIpc) is 2.16. The Kier molecular flexibility index (Phi) is 4.26. The Hall–Kier alpha value is -0.910. The number of hydrogen-bond donors (Lipinski definition) is 0. The van der Waals surface area contributed by atoms with E-state index in [1.807, 2.05) is 24.3 Å². The number of anilines is 1.